The number of nitrogens with zero attached hydrogens (tertiary/aromatic N) is 1. The lowest BCUT2D eigenvalue weighted by atomic mass is 10.2. The first-order valence-corrected chi connectivity index (χ1v) is 9.46. The summed E-state index contributed by atoms with van der Waals surface area (Å²) in [5, 5.41) is 0. The molecule has 0 rings (SSSR count). The molecule has 4 nitrogen and oxygen atoms in total. The van der Waals surface area contributed by atoms with E-state index in [0.717, 1.165) is 25.7 Å². The van der Waals surface area contributed by atoms with Crippen LogP contribution in [0.3, 0.4) is 0 Å². The van der Waals surface area contributed by atoms with Gasteiger partial charge in [0.15, 0.2) is 0 Å². The molecule has 0 aliphatic carbocycles. The topological polar surface area (TPSA) is 46.6 Å². The van der Waals surface area contributed by atoms with E-state index in [2.05, 4.69) is 4.74 Å². The van der Waals surface area contributed by atoms with Crippen molar-refractivity contribution in [3.05, 3.63) is 0 Å². The van der Waals surface area contributed by atoms with Crippen molar-refractivity contribution in [2.45, 2.75) is 77.3 Å². The van der Waals surface area contributed by atoms with Gasteiger partial charge in [-0.1, -0.05) is 52.4 Å². The molecule has 0 heterocycles. The van der Waals surface area contributed by atoms with Crippen molar-refractivity contribution in [3.63, 3.8) is 0 Å². The van der Waals surface area contributed by atoms with E-state index in [4.69, 9.17) is 0 Å². The van der Waals surface area contributed by atoms with Crippen LogP contribution in [0.15, 0.2) is 0 Å². The van der Waals surface area contributed by atoms with Crippen molar-refractivity contribution in [2.24, 2.45) is 0 Å². The van der Waals surface area contributed by atoms with E-state index >= 15 is 0 Å². The van der Waals surface area contributed by atoms with Crippen LogP contribution in [0.5, 0.6) is 0 Å². The predicted molar refractivity (Wildman–Crippen MR) is 80.8 cm³/mol. The maximum atomic E-state index is 13.5. The Kier molecular flexibility index (Phi) is 11.0. The monoisotopic (exact) mass is 365 g/mol. The highest BCUT2D eigenvalue weighted by molar-refractivity contribution is 7.90. The van der Waals surface area contributed by atoms with Crippen LogP contribution in [0, 0.1) is 0 Å². The molecule has 0 amide bonds. The number of ether oxygens (including phenoxy) is 1. The SMILES string of the molecule is CCCCCCN(CCCCCC)S(=O)(=O)C(F)(F)OC(F)F. The zero-order valence-corrected chi connectivity index (χ0v) is 14.6. The molecule has 0 aromatic rings. The highest BCUT2D eigenvalue weighted by atomic mass is 32.2. The summed E-state index contributed by atoms with van der Waals surface area (Å²) in [6.45, 7) is -0.164. The Morgan fingerprint density at radius 3 is 1.70 bits per heavy atom. The molecule has 140 valence electrons. The van der Waals surface area contributed by atoms with Crippen molar-refractivity contribution < 1.29 is 30.7 Å². The van der Waals surface area contributed by atoms with Gasteiger partial charge >= 0.3 is 22.1 Å². The molecule has 0 aromatic heterocycles. The molecule has 0 saturated carbocycles. The minimum atomic E-state index is -5.27. The Hall–Kier alpha value is -0.410. The summed E-state index contributed by atoms with van der Waals surface area (Å²) < 4.78 is 78.6. The van der Waals surface area contributed by atoms with Gasteiger partial charge in [-0.3, -0.25) is 0 Å². The maximum Gasteiger partial charge on any atom is 0.481 e. The number of alkyl halides is 4. The quantitative estimate of drug-likeness (QED) is 0.335. The molecule has 0 unspecified atom stereocenters. The van der Waals surface area contributed by atoms with Crippen molar-refractivity contribution >= 4 is 10.0 Å². The number of halogens is 4. The van der Waals surface area contributed by atoms with E-state index in [9.17, 15) is 26.0 Å². The van der Waals surface area contributed by atoms with Crippen molar-refractivity contribution in [2.75, 3.05) is 13.1 Å². The van der Waals surface area contributed by atoms with Crippen LogP contribution in [-0.2, 0) is 14.8 Å². The van der Waals surface area contributed by atoms with E-state index in [1.165, 1.54) is 0 Å². The molecule has 23 heavy (non-hydrogen) atoms. The first-order chi connectivity index (χ1) is 10.7. The Morgan fingerprint density at radius 1 is 0.913 bits per heavy atom. The van der Waals surface area contributed by atoms with Gasteiger partial charge in [-0.15, -0.1) is 0 Å². The highest BCUT2D eigenvalue weighted by Crippen LogP contribution is 2.29. The number of hydrogen-bond donors (Lipinski definition) is 0. The number of rotatable bonds is 14. The van der Waals surface area contributed by atoms with Gasteiger partial charge in [-0.25, -0.2) is 13.2 Å². The highest BCUT2D eigenvalue weighted by Gasteiger charge is 2.52. The maximum absolute atomic E-state index is 13.5. The zero-order chi connectivity index (χ0) is 17.9. The van der Waals surface area contributed by atoms with Crippen LogP contribution in [0.1, 0.15) is 65.2 Å². The summed E-state index contributed by atoms with van der Waals surface area (Å²) in [4.78, 5) is 0. The average Bonchev–Trinajstić information content (AvgIpc) is 2.43. The molecule has 0 atom stereocenters. The smallest absolute Gasteiger partial charge is 0.243 e. The second-order valence-electron chi connectivity index (χ2n) is 5.37. The Balaban J connectivity index is 4.90. The summed E-state index contributed by atoms with van der Waals surface area (Å²) >= 11 is 0. The standard InChI is InChI=1S/C14H27F4NO3S/c1-3-5-7-9-11-19(12-10-8-6-4-2)23(20,21)14(17,18)22-13(15)16/h13H,3-12H2,1-2H3. The third-order valence-electron chi connectivity index (χ3n) is 3.39. The van der Waals surface area contributed by atoms with Gasteiger partial charge in [0.1, 0.15) is 0 Å². The fourth-order valence-corrected chi connectivity index (χ4v) is 3.33. The lowest BCUT2D eigenvalue weighted by Gasteiger charge is -2.26. The molecule has 0 fully saturated rings. The van der Waals surface area contributed by atoms with Gasteiger partial charge in [0, 0.05) is 13.1 Å². The van der Waals surface area contributed by atoms with Gasteiger partial charge in [0.25, 0.3) is 0 Å². The minimum Gasteiger partial charge on any atom is -0.243 e. The second kappa shape index (κ2) is 11.2. The third-order valence-corrected chi connectivity index (χ3v) is 5.13. The van der Waals surface area contributed by atoms with Gasteiger partial charge in [-0.05, 0) is 12.8 Å². The van der Waals surface area contributed by atoms with Crippen LogP contribution >= 0.6 is 0 Å². The van der Waals surface area contributed by atoms with E-state index in [1.54, 1.807) is 0 Å². The van der Waals surface area contributed by atoms with Gasteiger partial charge in [0.2, 0.25) is 0 Å². The molecule has 0 spiro atoms. The fourth-order valence-electron chi connectivity index (χ4n) is 2.10. The molecule has 0 radical (unpaired) electrons. The lowest BCUT2D eigenvalue weighted by Crippen LogP contribution is -2.46. The Labute approximate surface area is 136 Å². The zero-order valence-electron chi connectivity index (χ0n) is 13.7. The summed E-state index contributed by atoms with van der Waals surface area (Å²) in [5.74, 6) is 0. The van der Waals surface area contributed by atoms with Crippen molar-refractivity contribution in [1.82, 2.24) is 4.31 Å². The molecule has 0 aromatic carbocycles. The summed E-state index contributed by atoms with van der Waals surface area (Å²) in [6.07, 6.45) is 5.73. The van der Waals surface area contributed by atoms with E-state index in [-0.39, 0.29) is 13.1 Å². The first kappa shape index (κ1) is 22.6. The van der Waals surface area contributed by atoms with E-state index in [0.29, 0.717) is 30.0 Å². The predicted octanol–water partition coefficient (Wildman–Crippen LogP) is 4.57. The number of sulfonamides is 1. The van der Waals surface area contributed by atoms with E-state index in [1.807, 2.05) is 13.8 Å². The van der Waals surface area contributed by atoms with Gasteiger partial charge in [-0.2, -0.15) is 21.9 Å². The fraction of sp³-hybridized carbons (Fsp3) is 1.00. The lowest BCUT2D eigenvalue weighted by molar-refractivity contribution is -0.273. The molecular weight excluding hydrogens is 338 g/mol. The van der Waals surface area contributed by atoms with E-state index < -0.39 is 22.1 Å². The largest absolute Gasteiger partial charge is 0.481 e. The van der Waals surface area contributed by atoms with Crippen LogP contribution < -0.4 is 0 Å². The molecule has 0 aliphatic heterocycles. The van der Waals surface area contributed by atoms with Gasteiger partial charge < -0.3 is 0 Å². The number of hydrogen-bond acceptors (Lipinski definition) is 3. The molecule has 0 aliphatic rings. The molecular formula is C14H27F4NO3S. The summed E-state index contributed by atoms with van der Waals surface area (Å²) in [5.41, 5.74) is -4.92. The molecule has 0 bridgehead atoms. The molecule has 9 heteroatoms. The number of unbranched alkanes of at least 4 members (excludes halogenated alkanes) is 6. The molecule has 0 N–H and O–H groups in total. The second-order valence-corrected chi connectivity index (χ2v) is 7.31. The molecule has 0 saturated heterocycles. The summed E-state index contributed by atoms with van der Waals surface area (Å²) in [6, 6.07) is 0. The first-order valence-electron chi connectivity index (χ1n) is 8.02. The normalized spacial score (nSPS) is 13.2. The van der Waals surface area contributed by atoms with Crippen LogP contribution in [-0.4, -0.2) is 37.9 Å². The third kappa shape index (κ3) is 8.30. The average molecular weight is 365 g/mol. The van der Waals surface area contributed by atoms with Gasteiger partial charge in [0.05, 0.1) is 0 Å². The summed E-state index contributed by atoms with van der Waals surface area (Å²) in [7, 11) is -5.27. The van der Waals surface area contributed by atoms with Crippen LogP contribution in [0.2, 0.25) is 0 Å². The van der Waals surface area contributed by atoms with Crippen molar-refractivity contribution in [3.8, 4) is 0 Å². The van der Waals surface area contributed by atoms with Crippen molar-refractivity contribution in [1.29, 1.82) is 0 Å². The van der Waals surface area contributed by atoms with Crippen LogP contribution in [0.25, 0.3) is 0 Å². The van der Waals surface area contributed by atoms with Crippen LogP contribution in [0.4, 0.5) is 17.6 Å². The Bertz CT molecular complexity index is 393. The Morgan fingerprint density at radius 2 is 1.35 bits per heavy atom. The minimum absolute atomic E-state index is 0.114.